The van der Waals surface area contributed by atoms with Gasteiger partial charge in [-0.05, 0) is 30.9 Å². The van der Waals surface area contributed by atoms with E-state index in [0.29, 0.717) is 0 Å². The lowest BCUT2D eigenvalue weighted by molar-refractivity contribution is 0.474. The van der Waals surface area contributed by atoms with Crippen molar-refractivity contribution in [3.8, 4) is 0 Å². The first kappa shape index (κ1) is 14.9. The number of hydrogen-bond acceptors (Lipinski definition) is 2. The van der Waals surface area contributed by atoms with Crippen molar-refractivity contribution in [2.24, 2.45) is 0 Å². The van der Waals surface area contributed by atoms with Crippen LogP contribution in [-0.4, -0.2) is 18.3 Å². The van der Waals surface area contributed by atoms with Gasteiger partial charge in [-0.3, -0.25) is 0 Å². The Bertz CT molecular complexity index is 356. The highest BCUT2D eigenvalue weighted by molar-refractivity contribution is 7.98. The van der Waals surface area contributed by atoms with Gasteiger partial charge < -0.3 is 5.32 Å². The van der Waals surface area contributed by atoms with Crippen LogP contribution < -0.4 is 5.32 Å². The van der Waals surface area contributed by atoms with Crippen molar-refractivity contribution in [2.45, 2.75) is 57.2 Å². The molecule has 0 radical (unpaired) electrons. The lowest BCUT2D eigenvalue weighted by atomic mass is 10.1. The Morgan fingerprint density at radius 2 is 1.84 bits per heavy atom. The molecule has 19 heavy (non-hydrogen) atoms. The predicted octanol–water partition coefficient (Wildman–Crippen LogP) is 4.54. The van der Waals surface area contributed by atoms with Gasteiger partial charge in [-0.1, -0.05) is 49.9 Å². The number of rotatable bonds is 6. The van der Waals surface area contributed by atoms with E-state index in [2.05, 4.69) is 48.3 Å². The van der Waals surface area contributed by atoms with Crippen molar-refractivity contribution in [1.82, 2.24) is 5.32 Å². The van der Waals surface area contributed by atoms with Crippen LogP contribution in [0.1, 0.15) is 49.7 Å². The summed E-state index contributed by atoms with van der Waals surface area (Å²) in [6, 6.07) is 9.52. The van der Waals surface area contributed by atoms with Crippen molar-refractivity contribution >= 4 is 11.8 Å². The lowest BCUT2D eigenvalue weighted by Gasteiger charge is -2.15. The molecule has 1 aliphatic rings. The van der Waals surface area contributed by atoms with Gasteiger partial charge in [0, 0.05) is 24.1 Å². The largest absolute Gasteiger partial charge is 0.313 e. The van der Waals surface area contributed by atoms with Gasteiger partial charge in [0.1, 0.15) is 0 Å². The Balaban J connectivity index is 1.58. The Kier molecular flexibility index (Phi) is 6.80. The molecule has 0 saturated heterocycles. The van der Waals surface area contributed by atoms with Gasteiger partial charge in [-0.15, -0.1) is 0 Å². The van der Waals surface area contributed by atoms with Crippen LogP contribution in [0.3, 0.4) is 0 Å². The highest BCUT2D eigenvalue weighted by atomic mass is 32.2. The zero-order valence-corrected chi connectivity index (χ0v) is 13.0. The van der Waals surface area contributed by atoms with Crippen molar-refractivity contribution in [3.05, 3.63) is 35.4 Å². The van der Waals surface area contributed by atoms with E-state index in [1.807, 2.05) is 0 Å². The Morgan fingerprint density at radius 1 is 1.11 bits per heavy atom. The zero-order valence-electron chi connectivity index (χ0n) is 12.2. The number of benzene rings is 1. The van der Waals surface area contributed by atoms with E-state index in [9.17, 15) is 0 Å². The van der Waals surface area contributed by atoms with E-state index >= 15 is 0 Å². The summed E-state index contributed by atoms with van der Waals surface area (Å²) >= 11 is 2.05. The molecule has 0 spiro atoms. The summed E-state index contributed by atoms with van der Waals surface area (Å²) in [6.45, 7) is 3.38. The van der Waals surface area contributed by atoms with Gasteiger partial charge >= 0.3 is 0 Å². The van der Waals surface area contributed by atoms with Crippen molar-refractivity contribution < 1.29 is 0 Å². The minimum Gasteiger partial charge on any atom is -0.313 e. The highest BCUT2D eigenvalue weighted by Crippen LogP contribution is 2.18. The fourth-order valence-corrected chi connectivity index (χ4v) is 3.72. The maximum atomic E-state index is 3.74. The Hall–Kier alpha value is -0.470. The third kappa shape index (κ3) is 5.58. The second-order valence-electron chi connectivity index (χ2n) is 5.62. The van der Waals surface area contributed by atoms with Crippen LogP contribution in [0.15, 0.2) is 24.3 Å². The molecule has 0 heterocycles. The summed E-state index contributed by atoms with van der Waals surface area (Å²) in [6.07, 6.45) is 8.52. The molecule has 0 bridgehead atoms. The fourth-order valence-electron chi connectivity index (χ4n) is 2.77. The number of nitrogens with one attached hydrogen (secondary N) is 1. The molecule has 106 valence electrons. The molecule has 0 amide bonds. The molecule has 2 heteroatoms. The first-order valence-electron chi connectivity index (χ1n) is 7.72. The molecule has 1 nitrogen and oxygen atoms in total. The first-order chi connectivity index (χ1) is 9.36. The van der Waals surface area contributed by atoms with Gasteiger partial charge in [0.05, 0.1) is 0 Å². The molecule has 1 aromatic rings. The van der Waals surface area contributed by atoms with Gasteiger partial charge in [-0.2, -0.15) is 11.8 Å². The van der Waals surface area contributed by atoms with Gasteiger partial charge in [0.25, 0.3) is 0 Å². The van der Waals surface area contributed by atoms with Crippen molar-refractivity contribution in [2.75, 3.05) is 12.3 Å². The summed E-state index contributed by atoms with van der Waals surface area (Å²) in [5.41, 5.74) is 2.91. The SMILES string of the molecule is Cc1ccccc1CSCCNC1CCCCCC1. The third-order valence-corrected chi connectivity index (χ3v) is 5.06. The molecule has 1 saturated carbocycles. The van der Waals surface area contributed by atoms with E-state index in [1.165, 1.54) is 61.9 Å². The molecule has 0 aromatic heterocycles. The van der Waals surface area contributed by atoms with Gasteiger partial charge in [0.2, 0.25) is 0 Å². The Morgan fingerprint density at radius 3 is 2.58 bits per heavy atom. The van der Waals surface area contributed by atoms with Crippen LogP contribution in [0.25, 0.3) is 0 Å². The molecule has 1 N–H and O–H groups in total. The second-order valence-corrected chi connectivity index (χ2v) is 6.73. The zero-order chi connectivity index (χ0) is 13.3. The normalized spacial score (nSPS) is 17.3. The maximum absolute atomic E-state index is 3.74. The van der Waals surface area contributed by atoms with Crippen molar-refractivity contribution in [3.63, 3.8) is 0 Å². The summed E-state index contributed by atoms with van der Waals surface area (Å²) in [5, 5.41) is 3.74. The fraction of sp³-hybridized carbons (Fsp3) is 0.647. The molecule has 2 rings (SSSR count). The van der Waals surface area contributed by atoms with Crippen LogP contribution >= 0.6 is 11.8 Å². The number of thioether (sulfide) groups is 1. The predicted molar refractivity (Wildman–Crippen MR) is 86.8 cm³/mol. The monoisotopic (exact) mass is 277 g/mol. The maximum Gasteiger partial charge on any atom is 0.0187 e. The van der Waals surface area contributed by atoms with E-state index < -0.39 is 0 Å². The molecule has 1 aromatic carbocycles. The summed E-state index contributed by atoms with van der Waals surface area (Å²) < 4.78 is 0. The summed E-state index contributed by atoms with van der Waals surface area (Å²) in [5.74, 6) is 2.38. The summed E-state index contributed by atoms with van der Waals surface area (Å²) in [7, 11) is 0. The quantitative estimate of drug-likeness (QED) is 0.605. The van der Waals surface area contributed by atoms with Crippen LogP contribution in [0.4, 0.5) is 0 Å². The third-order valence-electron chi connectivity index (χ3n) is 4.05. The van der Waals surface area contributed by atoms with E-state index in [0.717, 1.165) is 11.8 Å². The minimum absolute atomic E-state index is 0.793. The second kappa shape index (κ2) is 8.65. The lowest BCUT2D eigenvalue weighted by Crippen LogP contribution is -2.30. The average molecular weight is 277 g/mol. The molecule has 0 atom stereocenters. The minimum atomic E-state index is 0.793. The van der Waals surface area contributed by atoms with Gasteiger partial charge in [-0.25, -0.2) is 0 Å². The topological polar surface area (TPSA) is 12.0 Å². The summed E-state index contributed by atoms with van der Waals surface area (Å²) in [4.78, 5) is 0. The van der Waals surface area contributed by atoms with Crippen LogP contribution in [-0.2, 0) is 5.75 Å². The first-order valence-corrected chi connectivity index (χ1v) is 8.87. The molecular weight excluding hydrogens is 250 g/mol. The van der Waals surface area contributed by atoms with Crippen LogP contribution in [0.2, 0.25) is 0 Å². The average Bonchev–Trinajstić information content (AvgIpc) is 2.69. The standard InChI is InChI=1S/C17H27NS/c1-15-8-6-7-9-16(15)14-19-13-12-18-17-10-4-2-3-5-11-17/h6-9,17-18H,2-5,10-14H2,1H3. The van der Waals surface area contributed by atoms with E-state index in [4.69, 9.17) is 0 Å². The van der Waals surface area contributed by atoms with Crippen molar-refractivity contribution in [1.29, 1.82) is 0 Å². The molecule has 1 aliphatic carbocycles. The molecular formula is C17H27NS. The number of aryl methyl sites for hydroxylation is 1. The van der Waals surface area contributed by atoms with Gasteiger partial charge in [0.15, 0.2) is 0 Å². The molecule has 0 aliphatic heterocycles. The Labute approximate surface area is 122 Å². The smallest absolute Gasteiger partial charge is 0.0187 e. The van der Waals surface area contributed by atoms with Crippen LogP contribution in [0, 0.1) is 6.92 Å². The molecule has 1 fully saturated rings. The van der Waals surface area contributed by atoms with E-state index in [-0.39, 0.29) is 0 Å². The van der Waals surface area contributed by atoms with Crippen LogP contribution in [0.5, 0.6) is 0 Å². The highest BCUT2D eigenvalue weighted by Gasteiger charge is 2.10. The number of hydrogen-bond donors (Lipinski definition) is 1. The van der Waals surface area contributed by atoms with E-state index in [1.54, 1.807) is 0 Å². The molecule has 0 unspecified atom stereocenters.